The average Bonchev–Trinajstić information content (AvgIpc) is 2.83. The van der Waals surface area contributed by atoms with Crippen LogP contribution < -0.4 is 0 Å². The Bertz CT molecular complexity index is 1190. The summed E-state index contributed by atoms with van der Waals surface area (Å²) in [7, 11) is 0. The van der Waals surface area contributed by atoms with E-state index >= 15 is 0 Å². The molecule has 2 N–H and O–H groups in total. The van der Waals surface area contributed by atoms with E-state index in [0.29, 0.717) is 11.1 Å². The van der Waals surface area contributed by atoms with Crippen molar-refractivity contribution in [1.29, 1.82) is 0 Å². The first-order valence-electron chi connectivity index (χ1n) is 13.7. The van der Waals surface area contributed by atoms with Crippen molar-refractivity contribution in [1.82, 2.24) is 0 Å². The first-order chi connectivity index (χ1) is 19.4. The van der Waals surface area contributed by atoms with Gasteiger partial charge in [-0.15, -0.1) is 0 Å². The Morgan fingerprint density at radius 2 is 1.36 bits per heavy atom. The van der Waals surface area contributed by atoms with Gasteiger partial charge in [-0.25, -0.2) is 0 Å². The van der Waals surface area contributed by atoms with Crippen LogP contribution in [0.1, 0.15) is 75.2 Å². The quantitative estimate of drug-likeness (QED) is 0.262. The molecule has 12 heteroatoms. The summed E-state index contributed by atoms with van der Waals surface area (Å²) in [5.74, 6) is -4.16. The van der Waals surface area contributed by atoms with E-state index < -0.39 is 71.7 Å². The molecule has 2 bridgehead atoms. The molecule has 12 nitrogen and oxygen atoms in total. The lowest BCUT2D eigenvalue weighted by Crippen LogP contribution is -2.49. The Morgan fingerprint density at radius 3 is 1.86 bits per heavy atom. The zero-order chi connectivity index (χ0) is 32.1. The molecule has 0 unspecified atom stereocenters. The molecule has 0 aromatic rings. The molecule has 234 valence electrons. The summed E-state index contributed by atoms with van der Waals surface area (Å²) < 4.78 is 27.9. The number of fused-ring (bicyclic) bond motifs is 2. The van der Waals surface area contributed by atoms with Crippen LogP contribution in [-0.4, -0.2) is 77.2 Å². The molecular weight excluding hydrogens is 552 g/mol. The van der Waals surface area contributed by atoms with Crippen LogP contribution in [0.15, 0.2) is 34.1 Å². The van der Waals surface area contributed by atoms with Gasteiger partial charge in [-0.1, -0.05) is 13.8 Å². The smallest absolute Gasteiger partial charge is 0.307 e. The second-order valence-electron chi connectivity index (χ2n) is 11.3. The lowest BCUT2D eigenvalue weighted by atomic mass is 9.60. The van der Waals surface area contributed by atoms with Crippen LogP contribution in [0, 0.1) is 11.3 Å². The maximum Gasteiger partial charge on any atom is 0.307 e. The third-order valence-corrected chi connectivity index (χ3v) is 7.63. The molecule has 2 aliphatic carbocycles. The number of hydrogen-bond donors (Lipinski definition) is 2. The van der Waals surface area contributed by atoms with Gasteiger partial charge < -0.3 is 33.9 Å². The molecule has 2 aliphatic rings. The number of aliphatic hydroxyl groups excluding tert-OH is 2. The van der Waals surface area contributed by atoms with E-state index in [-0.39, 0.29) is 36.4 Å². The number of aliphatic hydroxyl groups is 2. The van der Waals surface area contributed by atoms with E-state index in [4.69, 9.17) is 23.7 Å². The summed E-state index contributed by atoms with van der Waals surface area (Å²) in [6.07, 6.45) is -4.79. The van der Waals surface area contributed by atoms with Crippen LogP contribution >= 0.6 is 0 Å². The minimum absolute atomic E-state index is 0.0988. The molecular formula is C30H42O12. The predicted octanol–water partition coefficient (Wildman–Crippen LogP) is 2.60. The fourth-order valence-corrected chi connectivity index (χ4v) is 5.69. The second-order valence-corrected chi connectivity index (χ2v) is 11.3. The molecule has 0 amide bonds. The monoisotopic (exact) mass is 594 g/mol. The van der Waals surface area contributed by atoms with E-state index in [1.165, 1.54) is 40.7 Å². The lowest BCUT2D eigenvalue weighted by molar-refractivity contribution is -0.156. The van der Waals surface area contributed by atoms with Crippen molar-refractivity contribution in [2.45, 2.75) is 106 Å². The molecule has 0 saturated heterocycles. The van der Waals surface area contributed by atoms with Gasteiger partial charge in [0.15, 0.2) is 11.9 Å². The average molecular weight is 595 g/mol. The number of rotatable bonds is 6. The topological polar surface area (TPSA) is 172 Å². The second kappa shape index (κ2) is 14.1. The van der Waals surface area contributed by atoms with E-state index in [1.54, 1.807) is 6.92 Å². The van der Waals surface area contributed by atoms with Crippen molar-refractivity contribution in [3.63, 3.8) is 0 Å². The minimum atomic E-state index is -1.42. The largest absolute Gasteiger partial charge is 0.461 e. The van der Waals surface area contributed by atoms with Gasteiger partial charge in [-0.3, -0.25) is 24.0 Å². The maximum atomic E-state index is 12.5. The van der Waals surface area contributed by atoms with Gasteiger partial charge in [0, 0.05) is 47.0 Å². The Morgan fingerprint density at radius 1 is 0.786 bits per heavy atom. The third-order valence-electron chi connectivity index (χ3n) is 7.63. The van der Waals surface area contributed by atoms with Crippen LogP contribution in [0.2, 0.25) is 0 Å². The lowest BCUT2D eigenvalue weighted by Gasteiger charge is -2.48. The van der Waals surface area contributed by atoms with Gasteiger partial charge in [0.1, 0.15) is 18.8 Å². The highest BCUT2D eigenvalue weighted by Crippen LogP contribution is 2.51. The van der Waals surface area contributed by atoms with Crippen LogP contribution in [0.4, 0.5) is 0 Å². The Labute approximate surface area is 245 Å². The molecule has 0 heterocycles. The van der Waals surface area contributed by atoms with Crippen molar-refractivity contribution < 1.29 is 57.9 Å². The van der Waals surface area contributed by atoms with Crippen LogP contribution in [0.3, 0.4) is 0 Å². The highest BCUT2D eigenvalue weighted by Gasteiger charge is 2.51. The Balaban J connectivity index is 3.06. The van der Waals surface area contributed by atoms with Crippen LogP contribution in [0.25, 0.3) is 0 Å². The van der Waals surface area contributed by atoms with Gasteiger partial charge in [-0.05, 0) is 54.1 Å². The molecule has 0 radical (unpaired) electrons. The summed E-state index contributed by atoms with van der Waals surface area (Å²) in [6.45, 7) is 12.4. The number of carbonyl (C=O) groups is 5. The first-order valence-corrected chi connectivity index (χ1v) is 13.7. The highest BCUT2D eigenvalue weighted by atomic mass is 16.6. The molecule has 42 heavy (non-hydrogen) atoms. The van der Waals surface area contributed by atoms with Crippen molar-refractivity contribution in [2.24, 2.45) is 11.3 Å². The fraction of sp³-hybridized carbons (Fsp3) is 0.633. The number of esters is 5. The fourth-order valence-electron chi connectivity index (χ4n) is 5.69. The molecule has 0 aromatic heterocycles. The SMILES string of the molecule is CC(=O)OC/C1=C/[C@H](OC(C)=O)[C@@H]2C[C@H](OC(C)=O)C(C)=C([C@@H](OC(C)=O)/C(OC(C)=O)=C(/C)[C@@H](O)C[C@@H]1O)C2(C)C. The first kappa shape index (κ1) is 34.7. The summed E-state index contributed by atoms with van der Waals surface area (Å²) in [5, 5.41) is 22.4. The Hall–Kier alpha value is -3.51. The molecule has 6 atom stereocenters. The summed E-state index contributed by atoms with van der Waals surface area (Å²) in [4.78, 5) is 60.9. The predicted molar refractivity (Wildman–Crippen MR) is 147 cm³/mol. The van der Waals surface area contributed by atoms with Crippen molar-refractivity contribution in [2.75, 3.05) is 6.61 Å². The molecule has 0 aromatic carbocycles. The van der Waals surface area contributed by atoms with E-state index in [9.17, 15) is 34.2 Å². The third kappa shape index (κ3) is 8.51. The summed E-state index contributed by atoms with van der Waals surface area (Å²) in [5.41, 5.74) is 0.178. The summed E-state index contributed by atoms with van der Waals surface area (Å²) in [6, 6.07) is 0. The van der Waals surface area contributed by atoms with Crippen LogP contribution in [-0.2, 0) is 47.7 Å². The molecule has 0 spiro atoms. The van der Waals surface area contributed by atoms with Gasteiger partial charge in [0.05, 0.1) is 12.2 Å². The van der Waals surface area contributed by atoms with Gasteiger partial charge in [-0.2, -0.15) is 0 Å². The van der Waals surface area contributed by atoms with Gasteiger partial charge in [0.25, 0.3) is 0 Å². The van der Waals surface area contributed by atoms with Crippen molar-refractivity contribution in [3.05, 3.63) is 34.1 Å². The zero-order valence-corrected chi connectivity index (χ0v) is 25.6. The number of ether oxygens (including phenoxy) is 5. The van der Waals surface area contributed by atoms with Crippen molar-refractivity contribution >= 4 is 29.8 Å². The zero-order valence-electron chi connectivity index (χ0n) is 25.6. The highest BCUT2D eigenvalue weighted by molar-refractivity contribution is 5.70. The normalized spacial score (nSPS) is 30.9. The van der Waals surface area contributed by atoms with E-state index in [1.807, 2.05) is 13.8 Å². The van der Waals surface area contributed by atoms with Gasteiger partial charge in [0.2, 0.25) is 0 Å². The minimum Gasteiger partial charge on any atom is -0.461 e. The standard InChI is InChI=1S/C30H42O12/c1-14-23(36)12-24(37)21(13-38-16(3)31)10-26(40-18(5)33)22-11-25(39-17(4)32)15(2)27(30(22,8)9)29(42-20(7)35)28(14)41-19(6)34/h10,22-26,29,36-37H,11-13H2,1-9H3/b21-10-,28-14+/t22-,23-,24-,25-,26-,29+/m0/s1. The molecule has 2 rings (SSSR count). The summed E-state index contributed by atoms with van der Waals surface area (Å²) >= 11 is 0. The maximum absolute atomic E-state index is 12.5. The van der Waals surface area contributed by atoms with Gasteiger partial charge >= 0.3 is 29.8 Å². The molecule has 0 fully saturated rings. The number of carbonyl (C=O) groups excluding carboxylic acids is 5. The number of hydrogen-bond acceptors (Lipinski definition) is 12. The van der Waals surface area contributed by atoms with Crippen LogP contribution in [0.5, 0.6) is 0 Å². The van der Waals surface area contributed by atoms with E-state index in [0.717, 1.165) is 6.92 Å². The van der Waals surface area contributed by atoms with E-state index in [2.05, 4.69) is 0 Å². The Kier molecular flexibility index (Phi) is 11.7. The van der Waals surface area contributed by atoms with Crippen molar-refractivity contribution in [3.8, 4) is 0 Å². The molecule has 0 aliphatic heterocycles. The molecule has 0 saturated carbocycles.